The van der Waals surface area contributed by atoms with Crippen molar-refractivity contribution >= 4 is 7.82 Å². The first-order chi connectivity index (χ1) is 16.2. The zero-order valence-electron chi connectivity index (χ0n) is 22.9. The zero-order chi connectivity index (χ0) is 25.5. The second-order valence-electron chi connectivity index (χ2n) is 9.95. The van der Waals surface area contributed by atoms with E-state index in [1.165, 1.54) is 102 Å². The minimum absolute atomic E-state index is 0. The van der Waals surface area contributed by atoms with Crippen LogP contribution in [0.25, 0.3) is 0 Å². The van der Waals surface area contributed by atoms with Gasteiger partial charge in [0.05, 0.1) is 33.9 Å². The summed E-state index contributed by atoms with van der Waals surface area (Å²) in [4.78, 5) is 15.9. The van der Waals surface area contributed by atoms with Crippen molar-refractivity contribution in [3.05, 3.63) is 35.9 Å². The third-order valence-electron chi connectivity index (χ3n) is 5.92. The van der Waals surface area contributed by atoms with Crippen molar-refractivity contribution in [2.45, 2.75) is 103 Å². The summed E-state index contributed by atoms with van der Waals surface area (Å²) in [6.45, 7) is 4.03. The van der Waals surface area contributed by atoms with Crippen molar-refractivity contribution in [2.24, 2.45) is 0 Å². The van der Waals surface area contributed by atoms with Crippen molar-refractivity contribution < 1.29 is 28.5 Å². The number of aliphatic hydroxyl groups is 1. The second kappa shape index (κ2) is 23.6. The molecule has 35 heavy (non-hydrogen) atoms. The Labute approximate surface area is 215 Å². The molecule has 6 N–H and O–H groups in total. The molecule has 0 unspecified atom stereocenters. The highest BCUT2D eigenvalue weighted by Crippen LogP contribution is 2.35. The summed E-state index contributed by atoms with van der Waals surface area (Å²) in [5, 5.41) is 7.96. The van der Waals surface area contributed by atoms with E-state index in [1.54, 1.807) is 0 Å². The van der Waals surface area contributed by atoms with Crippen molar-refractivity contribution in [3.8, 4) is 0 Å². The van der Waals surface area contributed by atoms with E-state index in [0.29, 0.717) is 0 Å². The number of phosphoric acid groups is 1. The van der Waals surface area contributed by atoms with Gasteiger partial charge >= 0.3 is 7.82 Å². The molecule has 0 atom stereocenters. The van der Waals surface area contributed by atoms with Crippen LogP contribution in [0.5, 0.6) is 0 Å². The predicted octanol–water partition coefficient (Wildman–Crippen LogP) is 6.99. The Morgan fingerprint density at radius 2 is 1.20 bits per heavy atom. The molecule has 0 saturated carbocycles. The first kappa shape index (κ1) is 36.4. The van der Waals surface area contributed by atoms with E-state index in [0.717, 1.165) is 11.0 Å². The van der Waals surface area contributed by atoms with Crippen molar-refractivity contribution in [2.75, 3.05) is 33.9 Å². The normalized spacial score (nSPS) is 11.5. The number of unbranched alkanes of at least 4 members (excludes halogenated alkanes) is 13. The molecule has 8 heteroatoms. The van der Waals surface area contributed by atoms with Crippen LogP contribution in [0.2, 0.25) is 0 Å². The summed E-state index contributed by atoms with van der Waals surface area (Å²) in [6, 6.07) is 10.9. The molecule has 1 aromatic rings. The number of benzene rings is 1. The lowest BCUT2D eigenvalue weighted by Crippen LogP contribution is -2.39. The van der Waals surface area contributed by atoms with Crippen molar-refractivity contribution in [1.82, 2.24) is 6.15 Å². The van der Waals surface area contributed by atoms with Crippen LogP contribution in [0.4, 0.5) is 0 Å². The summed E-state index contributed by atoms with van der Waals surface area (Å²) < 4.78 is 14.7. The molecule has 0 spiro atoms. The molecule has 1 rings (SSSR count). The Kier molecular flexibility index (Phi) is 24.5. The van der Waals surface area contributed by atoms with Gasteiger partial charge in [0.2, 0.25) is 0 Å². The third-order valence-corrected chi connectivity index (χ3v) is 6.44. The van der Waals surface area contributed by atoms with Gasteiger partial charge in [0.25, 0.3) is 0 Å². The molecule has 0 fully saturated rings. The van der Waals surface area contributed by atoms with Gasteiger partial charge in [-0.05, 0) is 12.8 Å². The fraction of sp³-hybridized carbons (Fsp3) is 0.778. The Morgan fingerprint density at radius 3 is 1.57 bits per heavy atom. The molecule has 0 heterocycles. The first-order valence-corrected chi connectivity index (χ1v) is 14.9. The van der Waals surface area contributed by atoms with Crippen LogP contribution in [0.15, 0.2) is 30.3 Å². The molecule has 0 saturated heterocycles. The average Bonchev–Trinajstić information content (AvgIpc) is 2.78. The molecule has 0 aromatic heterocycles. The molecule has 0 aliphatic carbocycles. The first-order valence-electron chi connectivity index (χ1n) is 13.4. The van der Waals surface area contributed by atoms with Gasteiger partial charge < -0.3 is 25.5 Å². The van der Waals surface area contributed by atoms with E-state index in [9.17, 15) is 4.57 Å². The maximum absolute atomic E-state index is 9.75. The second-order valence-corrected chi connectivity index (χ2v) is 11.2. The number of phosphoric ester groups is 1. The number of quaternary nitrogens is 1. The summed E-state index contributed by atoms with van der Waals surface area (Å²) in [5.41, 5.74) is 1.46. The minimum atomic E-state index is -4.34. The summed E-state index contributed by atoms with van der Waals surface area (Å²) in [5.74, 6) is 0. The van der Waals surface area contributed by atoms with Crippen LogP contribution >= 0.6 is 7.82 Å². The number of aliphatic hydroxyl groups excluding tert-OH is 1. The van der Waals surface area contributed by atoms with E-state index in [2.05, 4.69) is 55.9 Å². The highest BCUT2D eigenvalue weighted by Gasteiger charge is 2.15. The maximum Gasteiger partial charge on any atom is 0.469 e. The maximum atomic E-state index is 9.75. The van der Waals surface area contributed by atoms with Crippen molar-refractivity contribution in [1.29, 1.82) is 0 Å². The molecule has 7 nitrogen and oxygen atoms in total. The van der Waals surface area contributed by atoms with Crippen LogP contribution < -0.4 is 6.15 Å². The van der Waals surface area contributed by atoms with E-state index < -0.39 is 7.82 Å². The van der Waals surface area contributed by atoms with Gasteiger partial charge in [-0.3, -0.25) is 4.52 Å². The smallest absolute Gasteiger partial charge is 0.394 e. The minimum Gasteiger partial charge on any atom is -0.394 e. The van der Waals surface area contributed by atoms with Crippen molar-refractivity contribution in [3.63, 3.8) is 0 Å². The fourth-order valence-electron chi connectivity index (χ4n) is 4.05. The molecule has 0 radical (unpaired) electrons. The fourth-order valence-corrected chi connectivity index (χ4v) is 4.37. The van der Waals surface area contributed by atoms with Crippen LogP contribution in [0.3, 0.4) is 0 Å². The molecule has 0 amide bonds. The molecular weight excluding hydrogens is 463 g/mol. The van der Waals surface area contributed by atoms with E-state index in [4.69, 9.17) is 14.9 Å². The summed E-state index contributed by atoms with van der Waals surface area (Å²) in [6.07, 6.45) is 20.2. The average molecular weight is 520 g/mol. The number of hydrogen-bond acceptors (Lipinski definition) is 4. The van der Waals surface area contributed by atoms with E-state index >= 15 is 0 Å². The summed E-state index contributed by atoms with van der Waals surface area (Å²) in [7, 11) is 0.398. The topological polar surface area (TPSA) is 122 Å². The lowest BCUT2D eigenvalue weighted by atomic mass is 10.0. The standard InChI is InChI=1S/C25H46N.C2H7O5P.H3N/c1-4-5-6-7-8-9-10-11-12-13-14-15-16-20-23-26(2,3)24-25-21-18-17-19-22-25;3-1-2-7-8(4,5)6;/h17-19,21-22H,4-16,20,23-24H2,1-3H3;3H,1-2H2,(H2,4,5,6);1H3/q+1;;. The predicted molar refractivity (Wildman–Crippen MR) is 148 cm³/mol. The van der Waals surface area contributed by atoms with Crippen LogP contribution in [-0.2, 0) is 15.6 Å². The lowest BCUT2D eigenvalue weighted by molar-refractivity contribution is -0.903. The van der Waals surface area contributed by atoms with Gasteiger partial charge in [0.1, 0.15) is 6.54 Å². The van der Waals surface area contributed by atoms with Crippen LogP contribution in [-0.4, -0.2) is 53.2 Å². The van der Waals surface area contributed by atoms with Gasteiger partial charge in [-0.1, -0.05) is 114 Å². The monoisotopic (exact) mass is 519 g/mol. The quantitative estimate of drug-likeness (QED) is 0.0836. The zero-order valence-corrected chi connectivity index (χ0v) is 23.8. The number of nitrogens with zero attached hydrogens (tertiary/aromatic N) is 1. The Balaban J connectivity index is 0. The van der Waals surface area contributed by atoms with Crippen LogP contribution in [0, 0.1) is 0 Å². The molecule has 208 valence electrons. The Morgan fingerprint density at radius 1 is 0.771 bits per heavy atom. The largest absolute Gasteiger partial charge is 0.469 e. The van der Waals surface area contributed by atoms with Gasteiger partial charge in [-0.15, -0.1) is 0 Å². The molecular formula is C27H56N2O5P+. The third kappa shape index (κ3) is 27.6. The Hall–Kier alpha value is -0.790. The van der Waals surface area contributed by atoms with Gasteiger partial charge in [0.15, 0.2) is 0 Å². The highest BCUT2D eigenvalue weighted by atomic mass is 31.2. The molecule has 0 aliphatic heterocycles. The number of rotatable bonds is 20. The van der Waals surface area contributed by atoms with E-state index in [-0.39, 0.29) is 19.4 Å². The summed E-state index contributed by atoms with van der Waals surface area (Å²) >= 11 is 0. The van der Waals surface area contributed by atoms with Gasteiger partial charge in [-0.2, -0.15) is 0 Å². The molecule has 0 bridgehead atoms. The molecule has 1 aromatic carbocycles. The lowest BCUT2D eigenvalue weighted by Gasteiger charge is -2.30. The van der Waals surface area contributed by atoms with Gasteiger partial charge in [-0.25, -0.2) is 4.57 Å². The SMILES string of the molecule is CCCCCCCCCCCCCCCC[N+](C)(C)Cc1ccccc1.N.O=P(O)(O)OCCO. The highest BCUT2D eigenvalue weighted by molar-refractivity contribution is 7.46. The Bertz CT molecular complexity index is 611. The number of hydrogen-bond donors (Lipinski definition) is 4. The van der Waals surface area contributed by atoms with Gasteiger partial charge in [0, 0.05) is 5.56 Å². The van der Waals surface area contributed by atoms with Crippen LogP contribution in [0.1, 0.15) is 102 Å². The molecule has 0 aliphatic rings. The van der Waals surface area contributed by atoms with E-state index in [1.807, 2.05) is 0 Å².